The van der Waals surface area contributed by atoms with Crippen LogP contribution in [0.5, 0.6) is 5.75 Å². The molecule has 0 fully saturated rings. The first-order valence-corrected chi connectivity index (χ1v) is 10.1. The Labute approximate surface area is 185 Å². The molecule has 0 bridgehead atoms. The Morgan fingerprint density at radius 2 is 1.55 bits per heavy atom. The molecule has 0 heterocycles. The summed E-state index contributed by atoms with van der Waals surface area (Å²) in [5.41, 5.74) is 1.50. The lowest BCUT2D eigenvalue weighted by Gasteiger charge is -2.20. The maximum absolute atomic E-state index is 15.2. The van der Waals surface area contributed by atoms with Gasteiger partial charge in [-0.25, -0.2) is 17.6 Å². The maximum atomic E-state index is 15.2. The highest BCUT2D eigenvalue weighted by Gasteiger charge is 2.32. The van der Waals surface area contributed by atoms with Crippen LogP contribution in [0.2, 0.25) is 0 Å². The molecule has 1 nitrogen and oxygen atoms in total. The number of rotatable bonds is 4. The van der Waals surface area contributed by atoms with Crippen molar-refractivity contribution in [2.24, 2.45) is 0 Å². The minimum atomic E-state index is -5.06. The summed E-state index contributed by atoms with van der Waals surface area (Å²) >= 11 is 0. The van der Waals surface area contributed by atoms with E-state index in [4.69, 9.17) is 0 Å². The van der Waals surface area contributed by atoms with E-state index in [1.165, 1.54) is 30.3 Å². The molecule has 172 valence electrons. The zero-order chi connectivity index (χ0) is 23.9. The molecule has 0 spiro atoms. The van der Waals surface area contributed by atoms with Gasteiger partial charge >= 0.3 is 6.36 Å². The Kier molecular flexibility index (Phi) is 5.95. The number of aryl methyl sites for hydroxylation is 1. The predicted molar refractivity (Wildman–Crippen MR) is 110 cm³/mol. The van der Waals surface area contributed by atoms with Crippen LogP contribution >= 0.6 is 0 Å². The van der Waals surface area contributed by atoms with Gasteiger partial charge in [0.05, 0.1) is 0 Å². The normalized spacial score (nSPS) is 13.5. The van der Waals surface area contributed by atoms with E-state index in [0.717, 1.165) is 18.2 Å². The Balaban J connectivity index is 1.70. The second-order valence-corrected chi connectivity index (χ2v) is 7.65. The van der Waals surface area contributed by atoms with E-state index in [-0.39, 0.29) is 35.1 Å². The van der Waals surface area contributed by atoms with Crippen LogP contribution in [0, 0.1) is 23.3 Å². The molecule has 0 saturated heterocycles. The highest BCUT2D eigenvalue weighted by molar-refractivity contribution is 5.86. The molecule has 0 radical (unpaired) electrons. The molecule has 0 N–H and O–H groups in total. The second-order valence-electron chi connectivity index (χ2n) is 7.65. The summed E-state index contributed by atoms with van der Waals surface area (Å²) in [6.07, 6.45) is -2.74. The molecular weight excluding hydrogens is 449 g/mol. The quantitative estimate of drug-likeness (QED) is 0.356. The third-order valence-corrected chi connectivity index (χ3v) is 5.55. The van der Waals surface area contributed by atoms with E-state index in [2.05, 4.69) is 4.74 Å². The standard InChI is InChI=1S/C25H17F7O/c1-2-13-9-20(27)23(21(28)10-13)16-4-7-17-14(11-16)3-6-18(24(17)29)15-5-8-22(19(26)12-15)33-25(30,31)32/h3,5-6,8-12H,2,4,7H2,1H3. The largest absolute Gasteiger partial charge is 0.573 e. The molecule has 0 saturated carbocycles. The lowest BCUT2D eigenvalue weighted by molar-refractivity contribution is -0.275. The van der Waals surface area contributed by atoms with Crippen LogP contribution in [0.15, 0.2) is 42.5 Å². The summed E-state index contributed by atoms with van der Waals surface area (Å²) in [6, 6.07) is 8.09. The fourth-order valence-electron chi connectivity index (χ4n) is 3.98. The van der Waals surface area contributed by atoms with Gasteiger partial charge < -0.3 is 4.74 Å². The van der Waals surface area contributed by atoms with Gasteiger partial charge in [-0.1, -0.05) is 31.2 Å². The second kappa shape index (κ2) is 8.57. The molecule has 0 aromatic heterocycles. The molecule has 8 heteroatoms. The highest BCUT2D eigenvalue weighted by Crippen LogP contribution is 2.38. The van der Waals surface area contributed by atoms with E-state index in [0.29, 0.717) is 23.1 Å². The molecule has 4 rings (SSSR count). The van der Waals surface area contributed by atoms with Crippen LogP contribution in [0.4, 0.5) is 30.7 Å². The lowest BCUT2D eigenvalue weighted by atomic mass is 9.86. The van der Waals surface area contributed by atoms with Crippen molar-refractivity contribution >= 4 is 11.6 Å². The SMILES string of the molecule is CCc1cc(F)c(C2=Cc3ccc(-c4ccc(OC(F)(F)F)c(F)c4)c(F)c3CC2)c(F)c1. The summed E-state index contributed by atoms with van der Waals surface area (Å²) in [5.74, 6) is -4.35. The van der Waals surface area contributed by atoms with Crippen molar-refractivity contribution in [3.05, 3.63) is 88.0 Å². The summed E-state index contributed by atoms with van der Waals surface area (Å²) in [4.78, 5) is 0. The number of fused-ring (bicyclic) bond motifs is 1. The molecule has 0 atom stereocenters. The van der Waals surface area contributed by atoms with E-state index in [1.54, 1.807) is 6.92 Å². The van der Waals surface area contributed by atoms with Gasteiger partial charge in [0.2, 0.25) is 0 Å². The average molecular weight is 466 g/mol. The van der Waals surface area contributed by atoms with Gasteiger partial charge in [0.1, 0.15) is 17.5 Å². The van der Waals surface area contributed by atoms with E-state index >= 15 is 4.39 Å². The predicted octanol–water partition coefficient (Wildman–Crippen LogP) is 7.86. The van der Waals surface area contributed by atoms with Crippen LogP contribution in [-0.4, -0.2) is 6.36 Å². The fourth-order valence-corrected chi connectivity index (χ4v) is 3.98. The summed E-state index contributed by atoms with van der Waals surface area (Å²) in [6.45, 7) is 1.78. The molecular formula is C25H17F7O. The summed E-state index contributed by atoms with van der Waals surface area (Å²) in [5, 5.41) is 0. The molecule has 0 amide bonds. The van der Waals surface area contributed by atoms with Crippen molar-refractivity contribution in [3.63, 3.8) is 0 Å². The molecule has 3 aromatic carbocycles. The Bertz CT molecular complexity index is 1240. The number of hydrogen-bond acceptors (Lipinski definition) is 1. The molecule has 3 aromatic rings. The van der Waals surface area contributed by atoms with Crippen LogP contribution in [0.1, 0.15) is 35.6 Å². The van der Waals surface area contributed by atoms with Crippen LogP contribution < -0.4 is 4.74 Å². The molecule has 1 aliphatic rings. The zero-order valence-corrected chi connectivity index (χ0v) is 17.3. The maximum Gasteiger partial charge on any atom is 0.573 e. The third kappa shape index (κ3) is 4.60. The first-order chi connectivity index (χ1) is 15.6. The number of hydrogen-bond donors (Lipinski definition) is 0. The first-order valence-electron chi connectivity index (χ1n) is 10.1. The van der Waals surface area contributed by atoms with Gasteiger partial charge in [0.15, 0.2) is 11.6 Å². The first kappa shape index (κ1) is 22.9. The average Bonchev–Trinajstić information content (AvgIpc) is 2.74. The van der Waals surface area contributed by atoms with E-state index in [9.17, 15) is 26.3 Å². The third-order valence-electron chi connectivity index (χ3n) is 5.55. The van der Waals surface area contributed by atoms with Gasteiger partial charge in [-0.05, 0) is 71.4 Å². The molecule has 0 aliphatic heterocycles. The molecule has 33 heavy (non-hydrogen) atoms. The molecule has 0 unspecified atom stereocenters. The number of benzene rings is 3. The fraction of sp³-hybridized carbons (Fsp3) is 0.200. The van der Waals surface area contributed by atoms with Crippen LogP contribution in [0.25, 0.3) is 22.8 Å². The van der Waals surface area contributed by atoms with Crippen LogP contribution in [-0.2, 0) is 12.8 Å². The Morgan fingerprint density at radius 3 is 2.15 bits per heavy atom. The minimum absolute atomic E-state index is 0.00674. The Morgan fingerprint density at radius 1 is 0.848 bits per heavy atom. The van der Waals surface area contributed by atoms with Gasteiger partial charge in [0, 0.05) is 11.1 Å². The smallest absolute Gasteiger partial charge is 0.403 e. The van der Waals surface area contributed by atoms with Crippen LogP contribution in [0.3, 0.4) is 0 Å². The van der Waals surface area contributed by atoms with E-state index in [1.807, 2.05) is 0 Å². The zero-order valence-electron chi connectivity index (χ0n) is 17.3. The monoisotopic (exact) mass is 466 g/mol. The van der Waals surface area contributed by atoms with Gasteiger partial charge in [-0.15, -0.1) is 13.2 Å². The number of halogens is 7. The minimum Gasteiger partial charge on any atom is -0.403 e. The number of ether oxygens (including phenoxy) is 1. The topological polar surface area (TPSA) is 9.23 Å². The summed E-state index contributed by atoms with van der Waals surface area (Å²) in [7, 11) is 0. The van der Waals surface area contributed by atoms with Crippen molar-refractivity contribution in [2.75, 3.05) is 0 Å². The van der Waals surface area contributed by atoms with Gasteiger partial charge in [-0.3, -0.25) is 0 Å². The lowest BCUT2D eigenvalue weighted by Crippen LogP contribution is -2.17. The Hall–Kier alpha value is -3.29. The van der Waals surface area contributed by atoms with Gasteiger partial charge in [0.25, 0.3) is 0 Å². The number of alkyl halides is 3. The van der Waals surface area contributed by atoms with E-state index < -0.39 is 35.4 Å². The van der Waals surface area contributed by atoms with Crippen molar-refractivity contribution in [2.45, 2.75) is 32.5 Å². The summed E-state index contributed by atoms with van der Waals surface area (Å²) < 4.78 is 99.0. The molecule has 1 aliphatic carbocycles. The van der Waals surface area contributed by atoms with Crippen molar-refractivity contribution < 1.29 is 35.5 Å². The highest BCUT2D eigenvalue weighted by atomic mass is 19.4. The van der Waals surface area contributed by atoms with Crippen molar-refractivity contribution in [3.8, 4) is 16.9 Å². The van der Waals surface area contributed by atoms with Gasteiger partial charge in [-0.2, -0.15) is 0 Å². The van der Waals surface area contributed by atoms with Crippen molar-refractivity contribution in [1.29, 1.82) is 0 Å². The van der Waals surface area contributed by atoms with Crippen molar-refractivity contribution in [1.82, 2.24) is 0 Å². The number of allylic oxidation sites excluding steroid dienone is 1.